The van der Waals surface area contributed by atoms with Gasteiger partial charge in [-0.3, -0.25) is 0 Å². The van der Waals surface area contributed by atoms with Gasteiger partial charge < -0.3 is 10.4 Å². The molecule has 5 heteroatoms. The number of carbonyl (C=O) groups is 1. The molecular formula is C9H17F2NO2. The SMILES string of the molecule is CC(C)C(C)(C)NCC(F)(F)C(=O)O. The molecule has 3 nitrogen and oxygen atoms in total. The standard InChI is InChI=1S/C9H17F2NO2/c1-6(2)8(3,4)12-5-9(10,11)7(13)14/h6,12H,5H2,1-4H3,(H,13,14). The Morgan fingerprint density at radius 3 is 2.14 bits per heavy atom. The van der Waals surface area contributed by atoms with E-state index in [0.29, 0.717) is 0 Å². The molecule has 0 heterocycles. The zero-order valence-corrected chi connectivity index (χ0v) is 8.90. The molecule has 0 bridgehead atoms. The van der Waals surface area contributed by atoms with Gasteiger partial charge in [0.05, 0.1) is 6.54 Å². The number of nitrogens with one attached hydrogen (secondary N) is 1. The molecule has 0 aliphatic carbocycles. The number of halogens is 2. The summed E-state index contributed by atoms with van der Waals surface area (Å²) in [6, 6.07) is 0. The molecule has 14 heavy (non-hydrogen) atoms. The Kier molecular flexibility index (Phi) is 4.00. The largest absolute Gasteiger partial charge is 0.477 e. The summed E-state index contributed by atoms with van der Waals surface area (Å²) >= 11 is 0. The van der Waals surface area contributed by atoms with Crippen LogP contribution in [-0.2, 0) is 4.79 Å². The number of carboxylic acid groups (broad SMARTS) is 1. The highest BCUT2D eigenvalue weighted by Crippen LogP contribution is 2.18. The van der Waals surface area contributed by atoms with Crippen molar-refractivity contribution in [3.63, 3.8) is 0 Å². The maximum Gasteiger partial charge on any atom is 0.375 e. The number of alkyl halides is 2. The first kappa shape index (κ1) is 13.3. The van der Waals surface area contributed by atoms with Gasteiger partial charge in [-0.2, -0.15) is 8.78 Å². The lowest BCUT2D eigenvalue weighted by Crippen LogP contribution is -2.51. The molecule has 2 N–H and O–H groups in total. The molecular weight excluding hydrogens is 192 g/mol. The minimum atomic E-state index is -3.70. The second kappa shape index (κ2) is 4.21. The minimum absolute atomic E-state index is 0.145. The van der Waals surface area contributed by atoms with Crippen molar-refractivity contribution in [2.45, 2.75) is 39.2 Å². The first-order valence-electron chi connectivity index (χ1n) is 4.46. The quantitative estimate of drug-likeness (QED) is 0.725. The van der Waals surface area contributed by atoms with E-state index in [0.717, 1.165) is 0 Å². The summed E-state index contributed by atoms with van der Waals surface area (Å²) in [5.74, 6) is -5.65. The normalized spacial score (nSPS) is 13.4. The van der Waals surface area contributed by atoms with Gasteiger partial charge in [-0.25, -0.2) is 4.79 Å². The van der Waals surface area contributed by atoms with Crippen LogP contribution in [0.2, 0.25) is 0 Å². The second-order valence-corrected chi connectivity index (χ2v) is 4.24. The molecule has 0 saturated heterocycles. The zero-order valence-electron chi connectivity index (χ0n) is 8.90. The average Bonchev–Trinajstić information content (AvgIpc) is 2.01. The molecule has 0 aliphatic heterocycles. The van der Waals surface area contributed by atoms with Crippen molar-refractivity contribution in [1.29, 1.82) is 0 Å². The fourth-order valence-corrected chi connectivity index (χ4v) is 0.619. The summed E-state index contributed by atoms with van der Waals surface area (Å²) in [6.07, 6.45) is 0. The monoisotopic (exact) mass is 209 g/mol. The van der Waals surface area contributed by atoms with Crippen LogP contribution in [0.5, 0.6) is 0 Å². The summed E-state index contributed by atoms with van der Waals surface area (Å²) < 4.78 is 25.4. The minimum Gasteiger partial charge on any atom is -0.477 e. The third kappa shape index (κ3) is 3.57. The van der Waals surface area contributed by atoms with Gasteiger partial charge in [0.1, 0.15) is 0 Å². The zero-order chi connectivity index (χ0) is 11.6. The van der Waals surface area contributed by atoms with Crippen molar-refractivity contribution in [3.8, 4) is 0 Å². The van der Waals surface area contributed by atoms with E-state index in [1.165, 1.54) is 0 Å². The van der Waals surface area contributed by atoms with Gasteiger partial charge in [-0.15, -0.1) is 0 Å². The molecule has 0 spiro atoms. The van der Waals surface area contributed by atoms with Crippen molar-refractivity contribution < 1.29 is 18.7 Å². The molecule has 0 radical (unpaired) electrons. The Balaban J connectivity index is 4.25. The Labute approximate surface area is 82.5 Å². The molecule has 0 aromatic rings. The molecule has 0 atom stereocenters. The number of hydrogen-bond donors (Lipinski definition) is 2. The van der Waals surface area contributed by atoms with Gasteiger partial charge >= 0.3 is 11.9 Å². The van der Waals surface area contributed by atoms with Crippen LogP contribution in [0.3, 0.4) is 0 Å². The van der Waals surface area contributed by atoms with Crippen LogP contribution in [-0.4, -0.2) is 29.1 Å². The Bertz CT molecular complexity index is 215. The van der Waals surface area contributed by atoms with Crippen LogP contribution in [0.1, 0.15) is 27.7 Å². The van der Waals surface area contributed by atoms with E-state index in [9.17, 15) is 13.6 Å². The van der Waals surface area contributed by atoms with Crippen LogP contribution in [0.15, 0.2) is 0 Å². The second-order valence-electron chi connectivity index (χ2n) is 4.24. The van der Waals surface area contributed by atoms with Crippen molar-refractivity contribution in [2.75, 3.05) is 6.54 Å². The van der Waals surface area contributed by atoms with Crippen LogP contribution in [0.25, 0.3) is 0 Å². The van der Waals surface area contributed by atoms with Crippen molar-refractivity contribution in [1.82, 2.24) is 5.32 Å². The van der Waals surface area contributed by atoms with Crippen molar-refractivity contribution in [3.05, 3.63) is 0 Å². The third-order valence-electron chi connectivity index (χ3n) is 2.52. The van der Waals surface area contributed by atoms with Gasteiger partial charge in [-0.05, 0) is 19.8 Å². The highest BCUT2D eigenvalue weighted by molar-refractivity contribution is 5.75. The van der Waals surface area contributed by atoms with E-state index in [-0.39, 0.29) is 5.92 Å². The Morgan fingerprint density at radius 2 is 1.86 bits per heavy atom. The summed E-state index contributed by atoms with van der Waals surface area (Å²) in [4.78, 5) is 10.1. The summed E-state index contributed by atoms with van der Waals surface area (Å²) in [7, 11) is 0. The van der Waals surface area contributed by atoms with Gasteiger partial charge in [0, 0.05) is 5.54 Å². The van der Waals surface area contributed by atoms with Crippen molar-refractivity contribution >= 4 is 5.97 Å². The molecule has 0 aromatic heterocycles. The number of carboxylic acids is 1. The first-order valence-corrected chi connectivity index (χ1v) is 4.46. The summed E-state index contributed by atoms with van der Waals surface area (Å²) in [5, 5.41) is 10.7. The molecule has 0 aliphatic rings. The molecule has 0 unspecified atom stereocenters. The van der Waals surface area contributed by atoms with Gasteiger partial charge in [0.15, 0.2) is 0 Å². The maximum atomic E-state index is 12.7. The molecule has 0 amide bonds. The lowest BCUT2D eigenvalue weighted by Gasteiger charge is -2.31. The average molecular weight is 209 g/mol. The summed E-state index contributed by atoms with van der Waals surface area (Å²) in [5.41, 5.74) is -0.501. The van der Waals surface area contributed by atoms with E-state index in [4.69, 9.17) is 5.11 Å². The van der Waals surface area contributed by atoms with Gasteiger partial charge in [0.25, 0.3) is 0 Å². The lowest BCUT2D eigenvalue weighted by atomic mass is 9.90. The van der Waals surface area contributed by atoms with E-state index in [2.05, 4.69) is 5.32 Å². The number of hydrogen-bond acceptors (Lipinski definition) is 2. The van der Waals surface area contributed by atoms with Crippen LogP contribution >= 0.6 is 0 Å². The topological polar surface area (TPSA) is 49.3 Å². The van der Waals surface area contributed by atoms with Crippen LogP contribution in [0.4, 0.5) is 8.78 Å². The van der Waals surface area contributed by atoms with E-state index in [1.54, 1.807) is 13.8 Å². The Morgan fingerprint density at radius 1 is 1.43 bits per heavy atom. The molecule has 0 fully saturated rings. The van der Waals surface area contributed by atoms with Crippen LogP contribution < -0.4 is 5.32 Å². The summed E-state index contributed by atoms with van der Waals surface area (Å²) in [6.45, 7) is 6.44. The predicted octanol–water partition coefficient (Wildman–Crippen LogP) is 1.73. The smallest absolute Gasteiger partial charge is 0.375 e. The molecule has 0 aromatic carbocycles. The van der Waals surface area contributed by atoms with Crippen LogP contribution in [0, 0.1) is 5.92 Å². The fourth-order valence-electron chi connectivity index (χ4n) is 0.619. The number of rotatable bonds is 5. The molecule has 0 saturated carbocycles. The fraction of sp³-hybridized carbons (Fsp3) is 0.889. The third-order valence-corrected chi connectivity index (χ3v) is 2.52. The number of aliphatic carboxylic acids is 1. The van der Waals surface area contributed by atoms with Gasteiger partial charge in [-0.1, -0.05) is 13.8 Å². The lowest BCUT2D eigenvalue weighted by molar-refractivity contribution is -0.164. The highest BCUT2D eigenvalue weighted by Gasteiger charge is 2.40. The first-order chi connectivity index (χ1) is 6.09. The molecule has 0 rings (SSSR count). The predicted molar refractivity (Wildman–Crippen MR) is 49.5 cm³/mol. The Hall–Kier alpha value is -0.710. The maximum absolute atomic E-state index is 12.7. The van der Waals surface area contributed by atoms with E-state index >= 15 is 0 Å². The highest BCUT2D eigenvalue weighted by atomic mass is 19.3. The van der Waals surface area contributed by atoms with E-state index in [1.807, 2.05) is 13.8 Å². The molecule has 84 valence electrons. The van der Waals surface area contributed by atoms with E-state index < -0.39 is 24.0 Å². The van der Waals surface area contributed by atoms with Crippen molar-refractivity contribution in [2.24, 2.45) is 5.92 Å². The van der Waals surface area contributed by atoms with Gasteiger partial charge in [0.2, 0.25) is 0 Å².